The molecule has 1 aliphatic heterocycles. The second-order valence-corrected chi connectivity index (χ2v) is 15.2. The first kappa shape index (κ1) is 21.7. The van der Waals surface area contributed by atoms with Crippen LogP contribution in [0.25, 0.3) is 22.3 Å². The molecular weight excluding hydrogens is 404 g/mol. The van der Waals surface area contributed by atoms with Gasteiger partial charge in [0.25, 0.3) is 0 Å². The Morgan fingerprint density at radius 2 is 2.16 bits per heavy atom. The van der Waals surface area contributed by atoms with Gasteiger partial charge in [-0.1, -0.05) is 19.6 Å². The average Bonchev–Trinajstić information content (AvgIpc) is 3.50. The van der Waals surface area contributed by atoms with Crippen molar-refractivity contribution in [2.45, 2.75) is 51.3 Å². The molecule has 31 heavy (non-hydrogen) atoms. The van der Waals surface area contributed by atoms with Crippen LogP contribution < -0.4 is 5.32 Å². The second-order valence-electron chi connectivity index (χ2n) is 9.62. The van der Waals surface area contributed by atoms with Crippen molar-refractivity contribution in [3.8, 4) is 17.3 Å². The van der Waals surface area contributed by atoms with Crippen LogP contribution in [-0.4, -0.2) is 46.9 Å². The SMILES string of the molecule is C[Si](C)(C)CCOCn1ccc2c(-c3ccn(C(CC#N)C4CCNC4)c3)ncnc21. The molecule has 1 fully saturated rings. The molecule has 3 aromatic rings. The van der Waals surface area contributed by atoms with E-state index in [2.05, 4.69) is 70.1 Å². The van der Waals surface area contributed by atoms with E-state index in [0.717, 1.165) is 54.5 Å². The Bertz CT molecular complexity index is 1050. The molecule has 0 bridgehead atoms. The van der Waals surface area contributed by atoms with E-state index in [4.69, 9.17) is 4.74 Å². The van der Waals surface area contributed by atoms with Crippen molar-refractivity contribution < 1.29 is 4.74 Å². The minimum atomic E-state index is -1.10. The Labute approximate surface area is 185 Å². The van der Waals surface area contributed by atoms with Crippen LogP contribution in [0.15, 0.2) is 37.1 Å². The summed E-state index contributed by atoms with van der Waals surface area (Å²) in [5.74, 6) is 0.486. The molecule has 1 saturated heterocycles. The predicted molar refractivity (Wildman–Crippen MR) is 125 cm³/mol. The number of hydrogen-bond donors (Lipinski definition) is 1. The Morgan fingerprint density at radius 1 is 1.29 bits per heavy atom. The molecule has 7 nitrogen and oxygen atoms in total. The zero-order valence-corrected chi connectivity index (χ0v) is 19.7. The smallest absolute Gasteiger partial charge is 0.145 e. The molecule has 0 spiro atoms. The quantitative estimate of drug-likeness (QED) is 0.400. The number of ether oxygens (including phenoxy) is 1. The van der Waals surface area contributed by atoms with Crippen LogP contribution in [0.1, 0.15) is 18.9 Å². The standard InChI is InChI=1S/C23H32N6OSi/c1-31(2,3)13-12-30-17-29-11-7-20-22(26-16-27-23(20)29)19-6-10-28(15-19)21(4-8-24)18-5-9-25-14-18/h6-7,10-11,15-16,18,21,25H,4-5,9,12-14,17H2,1-3H3. The molecule has 1 N–H and O–H groups in total. The van der Waals surface area contributed by atoms with Crippen molar-refractivity contribution >= 4 is 19.1 Å². The van der Waals surface area contributed by atoms with Gasteiger partial charge in [0.15, 0.2) is 0 Å². The van der Waals surface area contributed by atoms with E-state index >= 15 is 0 Å². The minimum Gasteiger partial charge on any atom is -0.361 e. The van der Waals surface area contributed by atoms with Crippen molar-refractivity contribution in [1.29, 1.82) is 5.26 Å². The summed E-state index contributed by atoms with van der Waals surface area (Å²) < 4.78 is 10.2. The molecule has 164 valence electrons. The fourth-order valence-corrected chi connectivity index (χ4v) is 5.01. The van der Waals surface area contributed by atoms with Crippen LogP contribution in [0.5, 0.6) is 0 Å². The van der Waals surface area contributed by atoms with Gasteiger partial charge in [0, 0.05) is 50.8 Å². The summed E-state index contributed by atoms with van der Waals surface area (Å²) >= 11 is 0. The highest BCUT2D eigenvalue weighted by atomic mass is 28.3. The molecule has 0 aromatic carbocycles. The van der Waals surface area contributed by atoms with Gasteiger partial charge in [0.05, 0.1) is 24.2 Å². The molecule has 3 aromatic heterocycles. The minimum absolute atomic E-state index is 0.190. The van der Waals surface area contributed by atoms with Gasteiger partial charge < -0.3 is 19.2 Å². The van der Waals surface area contributed by atoms with Crippen molar-refractivity contribution in [3.05, 3.63) is 37.1 Å². The van der Waals surface area contributed by atoms with Gasteiger partial charge in [-0.05, 0) is 37.1 Å². The summed E-state index contributed by atoms with van der Waals surface area (Å²) in [6.45, 7) is 10.4. The lowest BCUT2D eigenvalue weighted by Gasteiger charge is -2.22. The van der Waals surface area contributed by atoms with Crippen LogP contribution in [-0.2, 0) is 11.5 Å². The Hall–Kier alpha value is -2.47. The number of aromatic nitrogens is 4. The van der Waals surface area contributed by atoms with E-state index in [1.165, 1.54) is 0 Å². The maximum atomic E-state index is 9.34. The first-order valence-corrected chi connectivity index (χ1v) is 14.8. The topological polar surface area (TPSA) is 80.7 Å². The van der Waals surface area contributed by atoms with Gasteiger partial charge in [0.2, 0.25) is 0 Å². The van der Waals surface area contributed by atoms with Crippen LogP contribution in [0.2, 0.25) is 25.7 Å². The Morgan fingerprint density at radius 3 is 2.90 bits per heavy atom. The van der Waals surface area contributed by atoms with Crippen LogP contribution in [0, 0.1) is 17.2 Å². The summed E-state index contributed by atoms with van der Waals surface area (Å²) in [4.78, 5) is 9.10. The number of rotatable bonds is 9. The molecule has 4 heterocycles. The summed E-state index contributed by atoms with van der Waals surface area (Å²) in [5, 5.41) is 13.8. The van der Waals surface area contributed by atoms with Gasteiger partial charge >= 0.3 is 0 Å². The molecule has 0 amide bonds. The third-order valence-corrected chi connectivity index (χ3v) is 7.80. The fraction of sp³-hybridized carbons (Fsp3) is 0.522. The van der Waals surface area contributed by atoms with E-state index in [1.54, 1.807) is 6.33 Å². The predicted octanol–water partition coefficient (Wildman–Crippen LogP) is 4.28. The molecule has 4 rings (SSSR count). The second kappa shape index (κ2) is 9.35. The molecule has 2 atom stereocenters. The first-order valence-electron chi connectivity index (χ1n) is 11.1. The third kappa shape index (κ3) is 5.06. The zero-order chi connectivity index (χ0) is 21.8. The Balaban J connectivity index is 1.54. The van der Waals surface area contributed by atoms with Crippen molar-refractivity contribution in [2.24, 2.45) is 5.92 Å². The number of nitriles is 1. The monoisotopic (exact) mass is 436 g/mol. The molecule has 0 saturated carbocycles. The van der Waals surface area contributed by atoms with Gasteiger partial charge in [-0.2, -0.15) is 5.26 Å². The lowest BCUT2D eigenvalue weighted by molar-refractivity contribution is 0.0899. The van der Waals surface area contributed by atoms with Crippen LogP contribution in [0.4, 0.5) is 0 Å². The van der Waals surface area contributed by atoms with E-state index in [0.29, 0.717) is 19.1 Å². The number of nitrogens with zero attached hydrogens (tertiary/aromatic N) is 5. The summed E-state index contributed by atoms with van der Waals surface area (Å²) in [5.41, 5.74) is 2.86. The van der Waals surface area contributed by atoms with E-state index in [1.807, 2.05) is 10.8 Å². The van der Waals surface area contributed by atoms with Crippen LogP contribution >= 0.6 is 0 Å². The Kier molecular flexibility index (Phi) is 6.56. The molecule has 2 unspecified atom stereocenters. The summed E-state index contributed by atoms with van der Waals surface area (Å²) in [6, 6.07) is 7.87. The van der Waals surface area contributed by atoms with Gasteiger partial charge in [0.1, 0.15) is 18.7 Å². The fourth-order valence-electron chi connectivity index (χ4n) is 4.25. The van der Waals surface area contributed by atoms with Crippen molar-refractivity contribution in [2.75, 3.05) is 19.7 Å². The van der Waals surface area contributed by atoms with Gasteiger partial charge in [-0.3, -0.25) is 0 Å². The van der Waals surface area contributed by atoms with E-state index in [-0.39, 0.29) is 6.04 Å². The lowest BCUT2D eigenvalue weighted by atomic mass is 9.96. The van der Waals surface area contributed by atoms with Gasteiger partial charge in [-0.25, -0.2) is 9.97 Å². The maximum absolute atomic E-state index is 9.34. The highest BCUT2D eigenvalue weighted by Crippen LogP contribution is 2.31. The number of nitrogens with one attached hydrogen (secondary N) is 1. The first-order chi connectivity index (χ1) is 15.0. The number of fused-ring (bicyclic) bond motifs is 1. The third-order valence-electron chi connectivity index (χ3n) is 6.10. The largest absolute Gasteiger partial charge is 0.361 e. The lowest BCUT2D eigenvalue weighted by Crippen LogP contribution is -2.22. The number of hydrogen-bond acceptors (Lipinski definition) is 5. The van der Waals surface area contributed by atoms with Gasteiger partial charge in [-0.15, -0.1) is 0 Å². The average molecular weight is 437 g/mol. The van der Waals surface area contributed by atoms with Crippen LogP contribution in [0.3, 0.4) is 0 Å². The van der Waals surface area contributed by atoms with Crippen molar-refractivity contribution in [3.63, 3.8) is 0 Å². The van der Waals surface area contributed by atoms with Crippen molar-refractivity contribution in [1.82, 2.24) is 24.4 Å². The summed E-state index contributed by atoms with van der Waals surface area (Å²) in [7, 11) is -1.10. The normalized spacial score (nSPS) is 17.8. The highest BCUT2D eigenvalue weighted by Gasteiger charge is 2.26. The molecular formula is C23H32N6OSi. The molecule has 0 radical (unpaired) electrons. The molecule has 8 heteroatoms. The zero-order valence-electron chi connectivity index (χ0n) is 18.7. The highest BCUT2D eigenvalue weighted by molar-refractivity contribution is 6.76. The summed E-state index contributed by atoms with van der Waals surface area (Å²) in [6.07, 6.45) is 9.49. The van der Waals surface area contributed by atoms with E-state index in [9.17, 15) is 5.26 Å². The molecule has 0 aliphatic carbocycles. The van der Waals surface area contributed by atoms with E-state index < -0.39 is 8.07 Å². The molecule has 1 aliphatic rings. The maximum Gasteiger partial charge on any atom is 0.145 e.